The molecular weight excluding hydrogens is 246 g/mol. The van der Waals surface area contributed by atoms with Gasteiger partial charge in [-0.1, -0.05) is 18.2 Å². The summed E-state index contributed by atoms with van der Waals surface area (Å²) in [6, 6.07) is 9.66. The van der Waals surface area contributed by atoms with Crippen LogP contribution < -0.4 is 10.6 Å². The van der Waals surface area contributed by atoms with Crippen molar-refractivity contribution in [2.45, 2.75) is 13.0 Å². The standard InChI is InChI=1S/C15H14F2N2/c16-12-4-5-14(13(17)8-12)19-9-11-3-1-2-10-6-7-18-15(10)11/h1-5,8,18-19H,6-7,9H2. The van der Waals surface area contributed by atoms with Crippen LogP contribution in [0, 0.1) is 11.6 Å². The Kier molecular flexibility index (Phi) is 3.07. The number of nitrogens with one attached hydrogen (secondary N) is 2. The van der Waals surface area contributed by atoms with Gasteiger partial charge < -0.3 is 10.6 Å². The molecule has 98 valence electrons. The molecule has 4 heteroatoms. The maximum atomic E-state index is 13.5. The SMILES string of the molecule is Fc1ccc(NCc2cccc3c2NCC3)c(F)c1. The van der Waals surface area contributed by atoms with Crippen molar-refractivity contribution >= 4 is 11.4 Å². The summed E-state index contributed by atoms with van der Waals surface area (Å²) < 4.78 is 26.3. The molecule has 0 atom stereocenters. The number of anilines is 2. The van der Waals surface area contributed by atoms with E-state index in [2.05, 4.69) is 16.7 Å². The Labute approximate surface area is 110 Å². The first-order valence-corrected chi connectivity index (χ1v) is 6.27. The van der Waals surface area contributed by atoms with Crippen molar-refractivity contribution in [2.24, 2.45) is 0 Å². The van der Waals surface area contributed by atoms with E-state index in [1.165, 1.54) is 17.7 Å². The molecule has 1 aliphatic rings. The first-order chi connectivity index (χ1) is 9.24. The lowest BCUT2D eigenvalue weighted by Crippen LogP contribution is -2.04. The Morgan fingerprint density at radius 2 is 2.05 bits per heavy atom. The Morgan fingerprint density at radius 1 is 1.16 bits per heavy atom. The Morgan fingerprint density at radius 3 is 2.89 bits per heavy atom. The van der Waals surface area contributed by atoms with Crippen LogP contribution >= 0.6 is 0 Å². The summed E-state index contributed by atoms with van der Waals surface area (Å²) >= 11 is 0. The largest absolute Gasteiger partial charge is 0.384 e. The zero-order valence-corrected chi connectivity index (χ0v) is 10.3. The molecule has 0 fully saturated rings. The highest BCUT2D eigenvalue weighted by Crippen LogP contribution is 2.27. The highest BCUT2D eigenvalue weighted by Gasteiger charge is 2.13. The van der Waals surface area contributed by atoms with Crippen LogP contribution in [0.25, 0.3) is 0 Å². The summed E-state index contributed by atoms with van der Waals surface area (Å²) in [6.45, 7) is 1.45. The third kappa shape index (κ3) is 2.38. The molecule has 0 radical (unpaired) electrons. The monoisotopic (exact) mass is 260 g/mol. The van der Waals surface area contributed by atoms with E-state index in [4.69, 9.17) is 0 Å². The van der Waals surface area contributed by atoms with Crippen molar-refractivity contribution in [1.29, 1.82) is 0 Å². The molecule has 2 N–H and O–H groups in total. The zero-order chi connectivity index (χ0) is 13.2. The molecule has 19 heavy (non-hydrogen) atoms. The second kappa shape index (κ2) is 4.88. The van der Waals surface area contributed by atoms with E-state index in [0.29, 0.717) is 12.2 Å². The molecule has 0 saturated carbocycles. The van der Waals surface area contributed by atoms with Crippen LogP contribution in [0.2, 0.25) is 0 Å². The summed E-state index contributed by atoms with van der Waals surface area (Å²) in [5.41, 5.74) is 3.84. The number of hydrogen-bond acceptors (Lipinski definition) is 2. The van der Waals surface area contributed by atoms with Gasteiger partial charge in [-0.05, 0) is 29.7 Å². The van der Waals surface area contributed by atoms with Gasteiger partial charge in [-0.3, -0.25) is 0 Å². The van der Waals surface area contributed by atoms with Crippen molar-refractivity contribution in [3.05, 3.63) is 59.2 Å². The van der Waals surface area contributed by atoms with Gasteiger partial charge in [0.25, 0.3) is 0 Å². The molecule has 0 amide bonds. The van der Waals surface area contributed by atoms with E-state index in [9.17, 15) is 8.78 Å². The Bertz CT molecular complexity index is 611. The lowest BCUT2D eigenvalue weighted by atomic mass is 10.1. The Balaban J connectivity index is 1.78. The van der Waals surface area contributed by atoms with Crippen molar-refractivity contribution in [3.8, 4) is 0 Å². The van der Waals surface area contributed by atoms with Gasteiger partial charge in [0.1, 0.15) is 11.6 Å². The molecule has 2 aromatic carbocycles. The number of halogens is 2. The van der Waals surface area contributed by atoms with Crippen LogP contribution in [0.1, 0.15) is 11.1 Å². The minimum absolute atomic E-state index is 0.317. The fraction of sp³-hybridized carbons (Fsp3) is 0.200. The van der Waals surface area contributed by atoms with Crippen molar-refractivity contribution < 1.29 is 8.78 Å². The molecule has 2 aromatic rings. The highest BCUT2D eigenvalue weighted by atomic mass is 19.1. The number of para-hydroxylation sites is 1. The lowest BCUT2D eigenvalue weighted by Gasteiger charge is -2.11. The summed E-state index contributed by atoms with van der Waals surface area (Å²) in [5.74, 6) is -1.13. The first kappa shape index (κ1) is 12.0. The topological polar surface area (TPSA) is 24.1 Å². The van der Waals surface area contributed by atoms with Gasteiger partial charge in [0.05, 0.1) is 5.69 Å². The fourth-order valence-electron chi connectivity index (χ4n) is 2.38. The second-order valence-corrected chi connectivity index (χ2v) is 4.61. The minimum Gasteiger partial charge on any atom is -0.384 e. The third-order valence-electron chi connectivity index (χ3n) is 3.33. The van der Waals surface area contributed by atoms with Crippen molar-refractivity contribution in [1.82, 2.24) is 0 Å². The highest BCUT2D eigenvalue weighted by molar-refractivity contribution is 5.62. The molecule has 1 aliphatic heterocycles. The first-order valence-electron chi connectivity index (χ1n) is 6.27. The smallest absolute Gasteiger partial charge is 0.149 e. The predicted molar refractivity (Wildman–Crippen MR) is 72.3 cm³/mol. The van der Waals surface area contributed by atoms with E-state index in [1.54, 1.807) is 0 Å². The van der Waals surface area contributed by atoms with Crippen LogP contribution in [0.3, 0.4) is 0 Å². The molecule has 1 heterocycles. The van der Waals surface area contributed by atoms with Crippen LogP contribution in [0.5, 0.6) is 0 Å². The molecule has 2 nitrogen and oxygen atoms in total. The number of benzene rings is 2. The van der Waals surface area contributed by atoms with Crippen molar-refractivity contribution in [3.63, 3.8) is 0 Å². The van der Waals surface area contributed by atoms with Gasteiger partial charge in [0.2, 0.25) is 0 Å². The molecular formula is C15H14F2N2. The van der Waals surface area contributed by atoms with E-state index in [0.717, 1.165) is 30.3 Å². The Hall–Kier alpha value is -2.10. The maximum Gasteiger partial charge on any atom is 0.149 e. The number of rotatable bonds is 3. The van der Waals surface area contributed by atoms with Crippen LogP contribution in [-0.4, -0.2) is 6.54 Å². The van der Waals surface area contributed by atoms with E-state index < -0.39 is 11.6 Å². The predicted octanol–water partition coefficient (Wildman–Crippen LogP) is 3.54. The molecule has 0 saturated heterocycles. The summed E-state index contributed by atoms with van der Waals surface area (Å²) in [7, 11) is 0. The van der Waals surface area contributed by atoms with Crippen molar-refractivity contribution in [2.75, 3.05) is 17.2 Å². The summed E-state index contributed by atoms with van der Waals surface area (Å²) in [6.07, 6.45) is 1.02. The molecule has 3 rings (SSSR count). The van der Waals surface area contributed by atoms with Crippen LogP contribution in [-0.2, 0) is 13.0 Å². The van der Waals surface area contributed by atoms with E-state index >= 15 is 0 Å². The molecule has 0 aliphatic carbocycles. The second-order valence-electron chi connectivity index (χ2n) is 4.61. The normalized spacial score (nSPS) is 12.9. The minimum atomic E-state index is -0.569. The van der Waals surface area contributed by atoms with Gasteiger partial charge in [-0.25, -0.2) is 8.78 Å². The van der Waals surface area contributed by atoms with Gasteiger partial charge >= 0.3 is 0 Å². The zero-order valence-electron chi connectivity index (χ0n) is 10.3. The summed E-state index contributed by atoms with van der Waals surface area (Å²) in [4.78, 5) is 0. The maximum absolute atomic E-state index is 13.5. The van der Waals surface area contributed by atoms with Crippen LogP contribution in [0.15, 0.2) is 36.4 Å². The molecule has 0 unspecified atom stereocenters. The quantitative estimate of drug-likeness (QED) is 0.882. The molecule has 0 aromatic heterocycles. The lowest BCUT2D eigenvalue weighted by molar-refractivity contribution is 0.585. The van der Waals surface area contributed by atoms with E-state index in [1.807, 2.05) is 12.1 Å². The van der Waals surface area contributed by atoms with Gasteiger partial charge in [0.15, 0.2) is 0 Å². The average molecular weight is 260 g/mol. The van der Waals surface area contributed by atoms with Crippen LogP contribution in [0.4, 0.5) is 20.2 Å². The van der Waals surface area contributed by atoms with E-state index in [-0.39, 0.29) is 0 Å². The van der Waals surface area contributed by atoms with Gasteiger partial charge in [0, 0.05) is 24.8 Å². The average Bonchev–Trinajstić information content (AvgIpc) is 2.86. The van der Waals surface area contributed by atoms with Gasteiger partial charge in [-0.2, -0.15) is 0 Å². The number of hydrogen-bond donors (Lipinski definition) is 2. The van der Waals surface area contributed by atoms with Gasteiger partial charge in [-0.15, -0.1) is 0 Å². The third-order valence-corrected chi connectivity index (χ3v) is 3.33. The number of fused-ring (bicyclic) bond motifs is 1. The summed E-state index contributed by atoms with van der Waals surface area (Å²) in [5, 5.41) is 6.34. The molecule has 0 spiro atoms. The fourth-order valence-corrected chi connectivity index (χ4v) is 2.38. The molecule has 0 bridgehead atoms.